The molecule has 6 rings (SSSR count). The van der Waals surface area contributed by atoms with Crippen LogP contribution in [-0.2, 0) is 28.5 Å². The van der Waals surface area contributed by atoms with E-state index in [0.717, 1.165) is 57.8 Å². The second-order valence-corrected chi connectivity index (χ2v) is 19.9. The molecule has 0 amide bonds. The number of allylic oxidation sites excluding steroid dienone is 2. The molecule has 7 nitrogen and oxygen atoms in total. The van der Waals surface area contributed by atoms with Crippen molar-refractivity contribution < 1.29 is 33.6 Å². The molecule has 5 unspecified atom stereocenters. The van der Waals surface area contributed by atoms with Gasteiger partial charge in [-0.05, 0) is 112 Å². The van der Waals surface area contributed by atoms with Crippen molar-refractivity contribution in [2.75, 3.05) is 28.1 Å². The molecule has 1 N–H and O–H groups in total. The van der Waals surface area contributed by atoms with Gasteiger partial charge in [0.25, 0.3) is 0 Å². The van der Waals surface area contributed by atoms with Gasteiger partial charge in [-0.3, -0.25) is 9.59 Å². The van der Waals surface area contributed by atoms with Crippen LogP contribution < -0.4 is 0 Å². The predicted octanol–water partition coefficient (Wildman–Crippen LogP) is 9.40. The van der Waals surface area contributed by atoms with Crippen molar-refractivity contribution in [1.29, 1.82) is 0 Å². The fourth-order valence-electron chi connectivity index (χ4n) is 14.4. The maximum atomic E-state index is 13.9. The van der Waals surface area contributed by atoms with Crippen LogP contribution in [0.2, 0.25) is 0 Å². The van der Waals surface area contributed by atoms with E-state index in [2.05, 4.69) is 61.6 Å². The standard InChI is InChI=1S/C24H40O4.C22H36O3/c1-8-11-22(4)14-19(28-15-26-6)23(5)16(2)9-12-24(17(3)21(22)25)13-10-18(27-7)20(23)24;1-7-10-20(4)13-17(23)21(5)14(2)8-11-22(15(3)19(20)24)12-9-16(25-6)18(21)22/h8,16-20H,1,9-15H2,2-7H3;7,14-18,23H,1,8-13H2,2-6H3/t16-,17+,18-,19?,20?,22-,23+,24?;14-,15+,16-,17-,18?,20-,21+,22?/m11/s1. The van der Waals surface area contributed by atoms with Gasteiger partial charge >= 0.3 is 0 Å². The van der Waals surface area contributed by atoms with E-state index in [4.69, 9.17) is 18.9 Å². The Hall–Kier alpha value is -1.38. The van der Waals surface area contributed by atoms with Gasteiger partial charge in [0.2, 0.25) is 0 Å². The Labute approximate surface area is 322 Å². The number of aliphatic hydroxyl groups excluding tert-OH is 1. The van der Waals surface area contributed by atoms with Crippen molar-refractivity contribution in [3.05, 3.63) is 25.3 Å². The van der Waals surface area contributed by atoms with E-state index in [9.17, 15) is 14.7 Å². The first-order valence-electron chi connectivity index (χ1n) is 21.0. The molecule has 302 valence electrons. The molecule has 0 aliphatic heterocycles. The summed E-state index contributed by atoms with van der Waals surface area (Å²) >= 11 is 0. The zero-order valence-electron chi connectivity index (χ0n) is 35.4. The second-order valence-electron chi connectivity index (χ2n) is 19.9. The molecule has 6 aliphatic carbocycles. The summed E-state index contributed by atoms with van der Waals surface area (Å²) in [6, 6.07) is 0. The van der Waals surface area contributed by atoms with E-state index in [1.807, 2.05) is 26.2 Å². The van der Waals surface area contributed by atoms with Crippen molar-refractivity contribution in [2.45, 2.75) is 157 Å². The van der Waals surface area contributed by atoms with E-state index in [0.29, 0.717) is 48.6 Å². The Bertz CT molecular complexity index is 1360. The lowest BCUT2D eigenvalue weighted by molar-refractivity contribution is -0.219. The smallest absolute Gasteiger partial charge is 0.146 e. The lowest BCUT2D eigenvalue weighted by Gasteiger charge is -2.62. The molecule has 0 aromatic rings. The number of Topliss-reactive ketones (excluding diaryl/α,β-unsaturated/α-hetero) is 2. The van der Waals surface area contributed by atoms with Gasteiger partial charge in [0.15, 0.2) is 0 Å². The lowest BCUT2D eigenvalue weighted by Crippen LogP contribution is -2.62. The second kappa shape index (κ2) is 15.5. The molecule has 0 spiro atoms. The van der Waals surface area contributed by atoms with E-state index >= 15 is 0 Å². The average molecular weight is 741 g/mol. The minimum Gasteiger partial charge on any atom is -0.393 e. The van der Waals surface area contributed by atoms with Gasteiger partial charge in [-0.1, -0.05) is 67.5 Å². The van der Waals surface area contributed by atoms with Crippen LogP contribution >= 0.6 is 0 Å². The van der Waals surface area contributed by atoms with Crippen LogP contribution in [0.3, 0.4) is 0 Å². The summed E-state index contributed by atoms with van der Waals surface area (Å²) in [4.78, 5) is 27.4. The number of hydrogen-bond donors (Lipinski definition) is 1. The van der Waals surface area contributed by atoms with Crippen LogP contribution in [0.15, 0.2) is 25.3 Å². The Morgan fingerprint density at radius 1 is 0.679 bits per heavy atom. The van der Waals surface area contributed by atoms with Gasteiger partial charge in [-0.15, -0.1) is 13.2 Å². The zero-order chi connectivity index (χ0) is 39.4. The SMILES string of the molecule is C=CC[C@]1(C)CC(OCOC)[C@@]2(C)C3[C@H](OC)CCC3(CC[C@H]2C)[C@@H](C)C1=O.C=CC[C@]1(C)C[C@@H](O)[C@@]2(C)C3[C@H](OC)CCC3(CC[C@H]2C)[C@@H](C)C1=O. The van der Waals surface area contributed by atoms with Gasteiger partial charge in [0, 0.05) is 54.8 Å². The number of ketones is 2. The van der Waals surface area contributed by atoms with Crippen LogP contribution in [0, 0.1) is 68.0 Å². The third-order valence-corrected chi connectivity index (χ3v) is 17.9. The number of methoxy groups -OCH3 is 3. The number of carbonyl (C=O) groups excluding carboxylic acids is 2. The van der Waals surface area contributed by atoms with Crippen molar-refractivity contribution in [1.82, 2.24) is 0 Å². The summed E-state index contributed by atoms with van der Waals surface area (Å²) in [6.07, 6.45) is 14.8. The molecule has 4 bridgehead atoms. The molecule has 7 heteroatoms. The maximum Gasteiger partial charge on any atom is 0.146 e. The van der Waals surface area contributed by atoms with Crippen LogP contribution in [0.4, 0.5) is 0 Å². The van der Waals surface area contributed by atoms with E-state index < -0.39 is 16.9 Å². The molecule has 0 aromatic carbocycles. The highest BCUT2D eigenvalue weighted by Gasteiger charge is 2.69. The Kier molecular flexibility index (Phi) is 12.5. The largest absolute Gasteiger partial charge is 0.393 e. The molecular formula is C46H76O7. The van der Waals surface area contributed by atoms with E-state index in [-0.39, 0.29) is 64.5 Å². The summed E-state index contributed by atoms with van der Waals surface area (Å²) in [5, 5.41) is 11.4. The first-order valence-corrected chi connectivity index (χ1v) is 21.0. The van der Waals surface area contributed by atoms with Gasteiger partial charge in [0.1, 0.15) is 18.4 Å². The molecular weight excluding hydrogens is 664 g/mol. The number of ether oxygens (including phenoxy) is 4. The number of carbonyl (C=O) groups is 2. The van der Waals surface area contributed by atoms with Crippen molar-refractivity contribution >= 4 is 11.6 Å². The highest BCUT2D eigenvalue weighted by atomic mass is 16.7. The fourth-order valence-corrected chi connectivity index (χ4v) is 14.4. The summed E-state index contributed by atoms with van der Waals surface area (Å²) in [5.74, 6) is 2.31. The quantitative estimate of drug-likeness (QED) is 0.186. The topological polar surface area (TPSA) is 91.3 Å². The number of hydrogen-bond acceptors (Lipinski definition) is 7. The van der Waals surface area contributed by atoms with Crippen LogP contribution in [0.25, 0.3) is 0 Å². The molecule has 0 heterocycles. The monoisotopic (exact) mass is 741 g/mol. The maximum absolute atomic E-state index is 13.9. The van der Waals surface area contributed by atoms with Crippen molar-refractivity contribution in [3.8, 4) is 0 Å². The molecule has 53 heavy (non-hydrogen) atoms. The first-order chi connectivity index (χ1) is 24.9. The highest BCUT2D eigenvalue weighted by Crippen LogP contribution is 2.70. The highest BCUT2D eigenvalue weighted by molar-refractivity contribution is 5.88. The normalized spacial score (nSPS) is 50.7. The van der Waals surface area contributed by atoms with Crippen molar-refractivity contribution in [2.24, 2.45) is 68.0 Å². The Balaban J connectivity index is 0.000000206. The lowest BCUT2D eigenvalue weighted by atomic mass is 9.44. The van der Waals surface area contributed by atoms with Crippen molar-refractivity contribution in [3.63, 3.8) is 0 Å². The summed E-state index contributed by atoms with van der Waals surface area (Å²) in [7, 11) is 5.31. The minimum absolute atomic E-state index is 0.0105. The third-order valence-electron chi connectivity index (χ3n) is 17.9. The van der Waals surface area contributed by atoms with Crippen LogP contribution in [-0.4, -0.2) is 69.2 Å². The Morgan fingerprint density at radius 2 is 1.09 bits per heavy atom. The summed E-state index contributed by atoms with van der Waals surface area (Å²) in [6.45, 7) is 26.0. The molecule has 16 atom stereocenters. The van der Waals surface area contributed by atoms with Crippen LogP contribution in [0.1, 0.15) is 132 Å². The fraction of sp³-hybridized carbons (Fsp3) is 0.870. The number of aliphatic hydroxyl groups is 1. The van der Waals surface area contributed by atoms with E-state index in [1.54, 1.807) is 14.2 Å². The van der Waals surface area contributed by atoms with Gasteiger partial charge in [0.05, 0.1) is 24.4 Å². The molecule has 6 fully saturated rings. The molecule has 6 aliphatic rings. The summed E-state index contributed by atoms with van der Waals surface area (Å²) in [5.41, 5.74) is -1.22. The molecule has 0 saturated heterocycles. The number of rotatable bonds is 9. The zero-order valence-corrected chi connectivity index (χ0v) is 35.4. The van der Waals surface area contributed by atoms with Crippen LogP contribution in [0.5, 0.6) is 0 Å². The molecule has 6 saturated carbocycles. The predicted molar refractivity (Wildman–Crippen MR) is 211 cm³/mol. The third kappa shape index (κ3) is 6.41. The molecule has 0 aromatic heterocycles. The van der Waals surface area contributed by atoms with Gasteiger partial charge in [-0.2, -0.15) is 0 Å². The average Bonchev–Trinajstić information content (AvgIpc) is 3.73. The van der Waals surface area contributed by atoms with E-state index in [1.165, 1.54) is 0 Å². The Morgan fingerprint density at radius 3 is 1.53 bits per heavy atom. The minimum atomic E-state index is -0.512. The molecule has 0 radical (unpaired) electrons. The van der Waals surface area contributed by atoms with Gasteiger partial charge in [-0.25, -0.2) is 0 Å². The first kappa shape index (κ1) is 42.8. The summed E-state index contributed by atoms with van der Waals surface area (Å²) < 4.78 is 23.7. The van der Waals surface area contributed by atoms with Gasteiger partial charge < -0.3 is 24.1 Å².